The third-order valence-corrected chi connectivity index (χ3v) is 2.84. The monoisotopic (exact) mass is 273 g/mol. The molecule has 0 aliphatic heterocycles. The lowest BCUT2D eigenvalue weighted by Crippen LogP contribution is -2.24. The molecule has 2 amide bonds. The third-order valence-electron chi connectivity index (χ3n) is 2.84. The Morgan fingerprint density at radius 3 is 2.50 bits per heavy atom. The summed E-state index contributed by atoms with van der Waals surface area (Å²) in [4.78, 5) is 23.0. The molecule has 0 bridgehead atoms. The van der Waals surface area contributed by atoms with Gasteiger partial charge in [-0.15, -0.1) is 0 Å². The van der Waals surface area contributed by atoms with Crippen molar-refractivity contribution in [1.82, 2.24) is 9.78 Å². The van der Waals surface area contributed by atoms with Crippen molar-refractivity contribution >= 4 is 23.2 Å². The average Bonchev–Trinajstić information content (AvgIpc) is 2.90. The van der Waals surface area contributed by atoms with Crippen LogP contribution in [0.25, 0.3) is 0 Å². The Morgan fingerprint density at radius 2 is 1.95 bits per heavy atom. The van der Waals surface area contributed by atoms with Crippen molar-refractivity contribution < 1.29 is 9.59 Å². The summed E-state index contributed by atoms with van der Waals surface area (Å²) < 4.78 is 1.38. The lowest BCUT2D eigenvalue weighted by molar-refractivity contribution is -0.119. The topological polar surface area (TPSA) is 116 Å². The van der Waals surface area contributed by atoms with E-state index in [-0.39, 0.29) is 11.5 Å². The normalized spacial score (nSPS) is 11.8. The molecule has 1 aromatic heterocycles. The van der Waals surface area contributed by atoms with Gasteiger partial charge in [-0.3, -0.25) is 14.3 Å². The van der Waals surface area contributed by atoms with Crippen LogP contribution in [0.15, 0.2) is 36.7 Å². The van der Waals surface area contributed by atoms with E-state index in [2.05, 4.69) is 10.4 Å². The number of hydrogen-bond acceptors (Lipinski definition) is 4. The highest BCUT2D eigenvalue weighted by atomic mass is 16.2. The van der Waals surface area contributed by atoms with Gasteiger partial charge in [0.1, 0.15) is 6.04 Å². The number of nitrogens with two attached hydrogens (primary N) is 2. The maximum atomic E-state index is 12.1. The number of amides is 2. The van der Waals surface area contributed by atoms with E-state index < -0.39 is 11.9 Å². The second kappa shape index (κ2) is 5.43. The minimum absolute atomic E-state index is 0.256. The van der Waals surface area contributed by atoms with Crippen LogP contribution in [-0.4, -0.2) is 21.6 Å². The molecular formula is C13H15N5O2. The summed E-state index contributed by atoms with van der Waals surface area (Å²) in [5.41, 5.74) is 12.2. The minimum atomic E-state index is -0.581. The van der Waals surface area contributed by atoms with E-state index in [0.717, 1.165) is 0 Å². The molecule has 7 heteroatoms. The molecule has 7 nitrogen and oxygen atoms in total. The van der Waals surface area contributed by atoms with Crippen LogP contribution in [0.3, 0.4) is 0 Å². The molecule has 104 valence electrons. The summed E-state index contributed by atoms with van der Waals surface area (Å²) in [6.45, 7) is 1.67. The zero-order chi connectivity index (χ0) is 14.7. The maximum Gasteiger partial charge on any atom is 0.251 e. The van der Waals surface area contributed by atoms with Crippen LogP contribution in [0, 0.1) is 0 Å². The van der Waals surface area contributed by atoms with Crippen LogP contribution in [0.1, 0.15) is 23.3 Å². The first-order valence-electron chi connectivity index (χ1n) is 5.97. The highest BCUT2D eigenvalue weighted by Crippen LogP contribution is 2.14. The van der Waals surface area contributed by atoms with Gasteiger partial charge in [0.05, 0.1) is 11.8 Å². The highest BCUT2D eigenvalue weighted by molar-refractivity contribution is 5.94. The van der Waals surface area contributed by atoms with Gasteiger partial charge >= 0.3 is 0 Å². The number of carbonyl (C=O) groups is 2. The quantitative estimate of drug-likeness (QED) is 0.713. The first kappa shape index (κ1) is 13.6. The molecule has 1 unspecified atom stereocenters. The largest absolute Gasteiger partial charge is 0.399 e. The van der Waals surface area contributed by atoms with Crippen molar-refractivity contribution in [1.29, 1.82) is 0 Å². The van der Waals surface area contributed by atoms with Gasteiger partial charge in [-0.2, -0.15) is 5.10 Å². The van der Waals surface area contributed by atoms with E-state index in [9.17, 15) is 9.59 Å². The number of primary amides is 1. The molecule has 5 N–H and O–H groups in total. The number of rotatable bonds is 4. The first-order chi connectivity index (χ1) is 9.47. The van der Waals surface area contributed by atoms with Gasteiger partial charge in [-0.25, -0.2) is 0 Å². The molecular weight excluding hydrogens is 258 g/mol. The second-order valence-corrected chi connectivity index (χ2v) is 4.36. The van der Waals surface area contributed by atoms with Crippen LogP contribution in [0.2, 0.25) is 0 Å². The molecule has 1 heterocycles. The van der Waals surface area contributed by atoms with E-state index in [0.29, 0.717) is 11.4 Å². The fourth-order valence-electron chi connectivity index (χ4n) is 1.61. The van der Waals surface area contributed by atoms with E-state index in [4.69, 9.17) is 11.5 Å². The van der Waals surface area contributed by atoms with Crippen molar-refractivity contribution in [3.8, 4) is 0 Å². The molecule has 0 aliphatic carbocycles. The Labute approximate surface area is 115 Å². The number of carbonyl (C=O) groups excluding carboxylic acids is 2. The molecule has 0 saturated heterocycles. The molecule has 2 rings (SSSR count). The Balaban J connectivity index is 2.07. The summed E-state index contributed by atoms with van der Waals surface area (Å²) in [5, 5.41) is 6.68. The summed E-state index contributed by atoms with van der Waals surface area (Å²) >= 11 is 0. The van der Waals surface area contributed by atoms with Gasteiger partial charge in [-0.05, 0) is 31.2 Å². The van der Waals surface area contributed by atoms with Crippen molar-refractivity contribution in [3.05, 3.63) is 42.2 Å². The molecule has 0 spiro atoms. The van der Waals surface area contributed by atoms with Crippen molar-refractivity contribution in [2.24, 2.45) is 5.73 Å². The standard InChI is InChI=1S/C13H15N5O2/c1-8(18-7-9(6-16-18)12(15)19)13(20)17-11-4-2-10(14)3-5-11/h2-8H,14H2,1H3,(H2,15,19)(H,17,20). The van der Waals surface area contributed by atoms with Gasteiger partial charge in [0.15, 0.2) is 0 Å². The van der Waals surface area contributed by atoms with E-state index in [1.165, 1.54) is 17.1 Å². The zero-order valence-corrected chi connectivity index (χ0v) is 10.9. The van der Waals surface area contributed by atoms with E-state index in [1.54, 1.807) is 31.2 Å². The smallest absolute Gasteiger partial charge is 0.251 e. The predicted octanol–water partition coefficient (Wildman–Crippen LogP) is 0.764. The summed E-state index contributed by atoms with van der Waals surface area (Å²) in [5.74, 6) is -0.837. The number of anilines is 2. The number of nitrogen functional groups attached to an aromatic ring is 1. The van der Waals surface area contributed by atoms with Gasteiger partial charge in [0.25, 0.3) is 5.91 Å². The number of benzene rings is 1. The summed E-state index contributed by atoms with van der Waals surface area (Å²) in [6, 6.07) is 6.23. The Hall–Kier alpha value is -2.83. The van der Waals surface area contributed by atoms with E-state index >= 15 is 0 Å². The number of nitrogens with zero attached hydrogens (tertiary/aromatic N) is 2. The molecule has 0 aliphatic rings. The number of aromatic nitrogens is 2. The number of nitrogens with one attached hydrogen (secondary N) is 1. The molecule has 0 saturated carbocycles. The third kappa shape index (κ3) is 2.94. The van der Waals surface area contributed by atoms with Gasteiger partial charge in [0.2, 0.25) is 5.91 Å². The predicted molar refractivity (Wildman–Crippen MR) is 74.9 cm³/mol. The number of hydrogen-bond donors (Lipinski definition) is 3. The minimum Gasteiger partial charge on any atom is -0.399 e. The molecule has 1 aromatic carbocycles. The lowest BCUT2D eigenvalue weighted by Gasteiger charge is -2.12. The van der Waals surface area contributed by atoms with E-state index in [1.807, 2.05) is 0 Å². The van der Waals surface area contributed by atoms with Crippen LogP contribution in [0.4, 0.5) is 11.4 Å². The van der Waals surface area contributed by atoms with Gasteiger partial charge < -0.3 is 16.8 Å². The van der Waals surface area contributed by atoms with Crippen molar-refractivity contribution in [3.63, 3.8) is 0 Å². The lowest BCUT2D eigenvalue weighted by atomic mass is 10.2. The maximum absolute atomic E-state index is 12.1. The Morgan fingerprint density at radius 1 is 1.30 bits per heavy atom. The van der Waals surface area contributed by atoms with Crippen LogP contribution < -0.4 is 16.8 Å². The van der Waals surface area contributed by atoms with Crippen molar-refractivity contribution in [2.45, 2.75) is 13.0 Å². The van der Waals surface area contributed by atoms with Crippen LogP contribution in [-0.2, 0) is 4.79 Å². The average molecular weight is 273 g/mol. The second-order valence-electron chi connectivity index (χ2n) is 4.36. The Bertz CT molecular complexity index is 632. The fourth-order valence-corrected chi connectivity index (χ4v) is 1.61. The molecule has 1 atom stereocenters. The SMILES string of the molecule is CC(C(=O)Nc1ccc(N)cc1)n1cc(C(N)=O)cn1. The van der Waals surface area contributed by atoms with Gasteiger partial charge in [0, 0.05) is 17.6 Å². The first-order valence-corrected chi connectivity index (χ1v) is 5.97. The zero-order valence-electron chi connectivity index (χ0n) is 10.9. The molecule has 20 heavy (non-hydrogen) atoms. The van der Waals surface area contributed by atoms with Crippen LogP contribution in [0.5, 0.6) is 0 Å². The molecule has 0 fully saturated rings. The highest BCUT2D eigenvalue weighted by Gasteiger charge is 2.17. The van der Waals surface area contributed by atoms with Crippen LogP contribution >= 0.6 is 0 Å². The van der Waals surface area contributed by atoms with Gasteiger partial charge in [-0.1, -0.05) is 0 Å². The summed E-state index contributed by atoms with van der Waals surface area (Å²) in [7, 11) is 0. The molecule has 2 aromatic rings. The Kier molecular flexibility index (Phi) is 3.69. The molecule has 0 radical (unpaired) electrons. The fraction of sp³-hybridized carbons (Fsp3) is 0.154. The summed E-state index contributed by atoms with van der Waals surface area (Å²) in [6.07, 6.45) is 2.77. The van der Waals surface area contributed by atoms with Crippen molar-refractivity contribution in [2.75, 3.05) is 11.1 Å².